The van der Waals surface area contributed by atoms with Gasteiger partial charge in [0.15, 0.2) is 0 Å². The molecular formula is C10H15F3N4. The molecule has 7 heteroatoms. The van der Waals surface area contributed by atoms with Gasteiger partial charge in [-0.15, -0.1) is 0 Å². The van der Waals surface area contributed by atoms with E-state index < -0.39 is 12.6 Å². The Morgan fingerprint density at radius 3 is 2.24 bits per heavy atom. The van der Waals surface area contributed by atoms with Crippen LogP contribution in [0.1, 0.15) is 19.8 Å². The van der Waals surface area contributed by atoms with Gasteiger partial charge < -0.3 is 10.6 Å². The van der Waals surface area contributed by atoms with Crippen LogP contribution in [0.5, 0.6) is 0 Å². The Kier molecular flexibility index (Phi) is 4.99. The maximum atomic E-state index is 11.9. The first kappa shape index (κ1) is 13.5. The largest absolute Gasteiger partial charge is 0.390 e. The normalized spacial score (nSPS) is 11.3. The SMILES string of the molecule is CCCNc1cc(NCCC(F)(F)F)ncn1. The summed E-state index contributed by atoms with van der Waals surface area (Å²) in [5.74, 6) is 0.999. The third kappa shape index (κ3) is 5.94. The zero-order chi connectivity index (χ0) is 12.7. The predicted octanol–water partition coefficient (Wildman–Crippen LogP) is 2.66. The molecule has 0 fully saturated rings. The molecule has 1 rings (SSSR count). The van der Waals surface area contributed by atoms with Gasteiger partial charge in [0.1, 0.15) is 18.0 Å². The highest BCUT2D eigenvalue weighted by Crippen LogP contribution is 2.19. The Labute approximate surface area is 97.7 Å². The molecule has 96 valence electrons. The van der Waals surface area contributed by atoms with Crippen molar-refractivity contribution in [3.63, 3.8) is 0 Å². The second-order valence-corrected chi connectivity index (χ2v) is 3.51. The number of halogens is 3. The first-order valence-corrected chi connectivity index (χ1v) is 5.38. The van der Waals surface area contributed by atoms with E-state index in [2.05, 4.69) is 20.6 Å². The van der Waals surface area contributed by atoms with Crippen LogP contribution >= 0.6 is 0 Å². The molecule has 0 aliphatic carbocycles. The molecule has 17 heavy (non-hydrogen) atoms. The van der Waals surface area contributed by atoms with Gasteiger partial charge in [-0.2, -0.15) is 13.2 Å². The molecule has 0 aliphatic heterocycles. The summed E-state index contributed by atoms with van der Waals surface area (Å²) >= 11 is 0. The van der Waals surface area contributed by atoms with Crippen LogP contribution < -0.4 is 10.6 Å². The summed E-state index contributed by atoms with van der Waals surface area (Å²) in [6, 6.07) is 1.59. The van der Waals surface area contributed by atoms with Crippen molar-refractivity contribution in [2.75, 3.05) is 23.7 Å². The van der Waals surface area contributed by atoms with E-state index >= 15 is 0 Å². The van der Waals surface area contributed by atoms with Gasteiger partial charge in [-0.25, -0.2) is 9.97 Å². The standard InChI is InChI=1S/C10H15F3N4/c1-2-4-14-8-6-9(17-7-16-8)15-5-3-10(11,12)13/h6-7H,2-5H2,1H3,(H2,14,15,16,17). The topological polar surface area (TPSA) is 49.8 Å². The molecule has 1 heterocycles. The van der Waals surface area contributed by atoms with E-state index in [0.29, 0.717) is 11.6 Å². The maximum Gasteiger partial charge on any atom is 0.390 e. The Morgan fingerprint density at radius 2 is 1.71 bits per heavy atom. The van der Waals surface area contributed by atoms with Gasteiger partial charge in [0.25, 0.3) is 0 Å². The minimum absolute atomic E-state index is 0.187. The molecule has 0 aliphatic rings. The molecule has 0 aromatic carbocycles. The van der Waals surface area contributed by atoms with Crippen LogP contribution in [0.3, 0.4) is 0 Å². The van der Waals surface area contributed by atoms with Crippen LogP contribution in [0.4, 0.5) is 24.8 Å². The lowest BCUT2D eigenvalue weighted by Gasteiger charge is -2.09. The highest BCUT2D eigenvalue weighted by molar-refractivity contribution is 5.46. The summed E-state index contributed by atoms with van der Waals surface area (Å²) in [6.07, 6.45) is -2.77. The third-order valence-electron chi connectivity index (χ3n) is 1.94. The van der Waals surface area contributed by atoms with Crippen LogP contribution in [-0.4, -0.2) is 29.2 Å². The molecule has 0 spiro atoms. The number of hydrogen-bond acceptors (Lipinski definition) is 4. The number of alkyl halides is 3. The van der Waals surface area contributed by atoms with Crippen LogP contribution in [0.2, 0.25) is 0 Å². The second-order valence-electron chi connectivity index (χ2n) is 3.51. The molecule has 1 aromatic heterocycles. The summed E-state index contributed by atoms with van der Waals surface area (Å²) in [5.41, 5.74) is 0. The molecule has 1 aromatic rings. The number of hydrogen-bond donors (Lipinski definition) is 2. The lowest BCUT2D eigenvalue weighted by atomic mass is 10.4. The van der Waals surface area contributed by atoms with Gasteiger partial charge in [-0.1, -0.05) is 6.92 Å². The molecular weight excluding hydrogens is 233 g/mol. The van der Waals surface area contributed by atoms with Gasteiger partial charge >= 0.3 is 6.18 Å². The van der Waals surface area contributed by atoms with Gasteiger partial charge in [-0.05, 0) is 6.42 Å². The Bertz CT molecular complexity index is 341. The molecule has 0 amide bonds. The second kappa shape index (κ2) is 6.27. The van der Waals surface area contributed by atoms with Crippen molar-refractivity contribution in [2.24, 2.45) is 0 Å². The Balaban J connectivity index is 2.43. The highest BCUT2D eigenvalue weighted by Gasteiger charge is 2.26. The quantitative estimate of drug-likeness (QED) is 0.812. The summed E-state index contributed by atoms with van der Waals surface area (Å²) in [6.45, 7) is 2.59. The predicted molar refractivity (Wildman–Crippen MR) is 60.0 cm³/mol. The van der Waals surface area contributed by atoms with E-state index in [9.17, 15) is 13.2 Å². The number of nitrogens with one attached hydrogen (secondary N) is 2. The van der Waals surface area contributed by atoms with Crippen molar-refractivity contribution in [1.82, 2.24) is 9.97 Å². The molecule has 2 N–H and O–H groups in total. The molecule has 4 nitrogen and oxygen atoms in total. The van der Waals surface area contributed by atoms with Crippen LogP contribution in [0.15, 0.2) is 12.4 Å². The number of nitrogens with zero attached hydrogens (tertiary/aromatic N) is 2. The third-order valence-corrected chi connectivity index (χ3v) is 1.94. The van der Waals surface area contributed by atoms with E-state index in [1.54, 1.807) is 6.07 Å². The van der Waals surface area contributed by atoms with Crippen molar-refractivity contribution in [2.45, 2.75) is 25.9 Å². The van der Waals surface area contributed by atoms with Crippen molar-refractivity contribution in [1.29, 1.82) is 0 Å². The fraction of sp³-hybridized carbons (Fsp3) is 0.600. The van der Waals surface area contributed by atoms with Gasteiger partial charge in [-0.3, -0.25) is 0 Å². The van der Waals surface area contributed by atoms with Gasteiger partial charge in [0.05, 0.1) is 6.42 Å². The summed E-state index contributed by atoms with van der Waals surface area (Å²) in [7, 11) is 0. The molecule has 0 saturated heterocycles. The molecule has 0 unspecified atom stereocenters. The van der Waals surface area contributed by atoms with Gasteiger partial charge in [0.2, 0.25) is 0 Å². The Morgan fingerprint density at radius 1 is 1.12 bits per heavy atom. The Hall–Kier alpha value is -1.53. The highest BCUT2D eigenvalue weighted by atomic mass is 19.4. The lowest BCUT2D eigenvalue weighted by Crippen LogP contribution is -2.15. The number of anilines is 2. The van der Waals surface area contributed by atoms with Crippen LogP contribution in [0, 0.1) is 0 Å². The first-order chi connectivity index (χ1) is 8.01. The lowest BCUT2D eigenvalue weighted by molar-refractivity contribution is -0.131. The number of aromatic nitrogens is 2. The van der Waals surface area contributed by atoms with Crippen LogP contribution in [0.25, 0.3) is 0 Å². The maximum absolute atomic E-state index is 11.9. The summed E-state index contributed by atoms with van der Waals surface area (Å²) in [5, 5.41) is 5.63. The van der Waals surface area contributed by atoms with Crippen molar-refractivity contribution >= 4 is 11.6 Å². The zero-order valence-electron chi connectivity index (χ0n) is 9.51. The fourth-order valence-electron chi connectivity index (χ4n) is 1.14. The monoisotopic (exact) mass is 248 g/mol. The van der Waals surface area contributed by atoms with Gasteiger partial charge in [0, 0.05) is 19.2 Å². The van der Waals surface area contributed by atoms with E-state index in [1.807, 2.05) is 6.92 Å². The first-order valence-electron chi connectivity index (χ1n) is 5.38. The molecule has 0 bridgehead atoms. The minimum Gasteiger partial charge on any atom is -0.370 e. The minimum atomic E-state index is -4.15. The van der Waals surface area contributed by atoms with E-state index in [1.165, 1.54) is 6.33 Å². The van der Waals surface area contributed by atoms with Crippen molar-refractivity contribution < 1.29 is 13.2 Å². The average Bonchev–Trinajstić information content (AvgIpc) is 2.25. The zero-order valence-corrected chi connectivity index (χ0v) is 9.51. The number of rotatable bonds is 6. The molecule has 0 radical (unpaired) electrons. The van der Waals surface area contributed by atoms with Crippen LogP contribution in [-0.2, 0) is 0 Å². The van der Waals surface area contributed by atoms with E-state index in [4.69, 9.17) is 0 Å². The van der Waals surface area contributed by atoms with E-state index in [-0.39, 0.29) is 6.54 Å². The summed E-state index contributed by atoms with van der Waals surface area (Å²) < 4.78 is 35.8. The smallest absolute Gasteiger partial charge is 0.370 e. The fourth-order valence-corrected chi connectivity index (χ4v) is 1.14. The molecule has 0 saturated carbocycles. The van der Waals surface area contributed by atoms with E-state index in [0.717, 1.165) is 13.0 Å². The summed E-state index contributed by atoms with van der Waals surface area (Å²) in [4.78, 5) is 7.79. The average molecular weight is 248 g/mol. The van der Waals surface area contributed by atoms with Crippen molar-refractivity contribution in [3.8, 4) is 0 Å². The van der Waals surface area contributed by atoms with Crippen molar-refractivity contribution in [3.05, 3.63) is 12.4 Å². The molecule has 0 atom stereocenters.